The van der Waals surface area contributed by atoms with E-state index < -0.39 is 0 Å². The third-order valence-electron chi connectivity index (χ3n) is 2.08. The van der Waals surface area contributed by atoms with Gasteiger partial charge in [0.25, 0.3) is 5.19 Å². The van der Waals surface area contributed by atoms with E-state index in [-0.39, 0.29) is 0 Å². The lowest BCUT2D eigenvalue weighted by atomic mass is 10.4. The molecule has 0 atom stereocenters. The van der Waals surface area contributed by atoms with E-state index in [2.05, 4.69) is 15.2 Å². The van der Waals surface area contributed by atoms with Crippen LogP contribution in [0, 0.1) is 0 Å². The highest BCUT2D eigenvalue weighted by molar-refractivity contribution is 7.17. The summed E-state index contributed by atoms with van der Waals surface area (Å²) in [5.41, 5.74) is 0. The first-order valence-corrected chi connectivity index (χ1v) is 5.17. The number of ether oxygens (including phenoxy) is 1. The van der Waals surface area contributed by atoms with Crippen molar-refractivity contribution >= 4 is 16.3 Å². The molecule has 0 aliphatic carbocycles. The Hall–Kier alpha value is -0.810. The first-order valence-electron chi connectivity index (χ1n) is 4.35. The van der Waals surface area contributed by atoms with Crippen LogP contribution in [0.2, 0.25) is 0 Å². The lowest BCUT2D eigenvalue weighted by Gasteiger charge is -2.27. The highest BCUT2D eigenvalue weighted by Gasteiger charge is 2.13. The minimum Gasteiger partial charge on any atom is -0.473 e. The Bertz CT molecular complexity index is 270. The van der Waals surface area contributed by atoms with Gasteiger partial charge >= 0.3 is 0 Å². The van der Waals surface area contributed by atoms with Crippen molar-refractivity contribution in [1.82, 2.24) is 10.3 Å². The summed E-state index contributed by atoms with van der Waals surface area (Å²) in [5.74, 6) is 0. The Morgan fingerprint density at radius 1 is 1.54 bits per heavy atom. The fraction of sp³-hybridized carbons (Fsp3) is 0.625. The van der Waals surface area contributed by atoms with Gasteiger partial charge in [-0.2, -0.15) is 0 Å². The molecule has 72 valence electrons. The van der Waals surface area contributed by atoms with E-state index in [1.165, 1.54) is 5.00 Å². The van der Waals surface area contributed by atoms with E-state index >= 15 is 0 Å². The van der Waals surface area contributed by atoms with Gasteiger partial charge in [0, 0.05) is 26.2 Å². The highest BCUT2D eigenvalue weighted by atomic mass is 32.1. The summed E-state index contributed by atoms with van der Waals surface area (Å²) in [6, 6.07) is 0. The zero-order chi connectivity index (χ0) is 9.10. The number of methoxy groups -OCH3 is 1. The van der Waals surface area contributed by atoms with Crippen LogP contribution in [0.4, 0.5) is 5.00 Å². The summed E-state index contributed by atoms with van der Waals surface area (Å²) in [6.45, 7) is 4.23. The molecule has 0 aromatic carbocycles. The first kappa shape index (κ1) is 8.77. The largest absolute Gasteiger partial charge is 0.473 e. The molecule has 2 heterocycles. The van der Waals surface area contributed by atoms with Gasteiger partial charge in [0.1, 0.15) is 5.00 Å². The fourth-order valence-corrected chi connectivity index (χ4v) is 2.16. The van der Waals surface area contributed by atoms with E-state index in [9.17, 15) is 0 Å². The zero-order valence-electron chi connectivity index (χ0n) is 7.62. The van der Waals surface area contributed by atoms with Crippen LogP contribution in [0.3, 0.4) is 0 Å². The molecule has 1 aliphatic heterocycles. The van der Waals surface area contributed by atoms with Gasteiger partial charge in [-0.1, -0.05) is 11.3 Å². The summed E-state index contributed by atoms with van der Waals surface area (Å²) in [7, 11) is 1.65. The van der Waals surface area contributed by atoms with E-state index in [1.807, 2.05) is 6.20 Å². The molecular formula is C8H13N3OS. The molecular weight excluding hydrogens is 186 g/mol. The Balaban J connectivity index is 2.05. The Kier molecular flexibility index (Phi) is 2.65. The topological polar surface area (TPSA) is 37.4 Å². The van der Waals surface area contributed by atoms with Gasteiger partial charge in [0.2, 0.25) is 0 Å². The van der Waals surface area contributed by atoms with E-state index in [0.29, 0.717) is 0 Å². The fourth-order valence-electron chi connectivity index (χ4n) is 1.38. The standard InChI is InChI=1S/C8H13N3OS/c1-12-8-10-6-7(13-8)11-4-2-9-3-5-11/h6,9H,2-5H2,1H3. The smallest absolute Gasteiger partial charge is 0.274 e. The number of hydrogen-bond donors (Lipinski definition) is 1. The summed E-state index contributed by atoms with van der Waals surface area (Å²) in [4.78, 5) is 6.47. The summed E-state index contributed by atoms with van der Waals surface area (Å²) in [6.07, 6.45) is 1.88. The van der Waals surface area contributed by atoms with E-state index in [4.69, 9.17) is 4.74 Å². The van der Waals surface area contributed by atoms with E-state index in [0.717, 1.165) is 31.4 Å². The molecule has 0 bridgehead atoms. The van der Waals surface area contributed by atoms with Crippen LogP contribution in [-0.4, -0.2) is 38.3 Å². The van der Waals surface area contributed by atoms with Crippen molar-refractivity contribution in [2.45, 2.75) is 0 Å². The predicted octanol–water partition coefficient (Wildman–Crippen LogP) is 0.561. The molecule has 1 N–H and O–H groups in total. The first-order chi connectivity index (χ1) is 6.40. The van der Waals surface area contributed by atoms with Crippen molar-refractivity contribution < 1.29 is 4.74 Å². The van der Waals surface area contributed by atoms with Crippen molar-refractivity contribution in [2.75, 3.05) is 38.2 Å². The number of rotatable bonds is 2. The molecule has 1 aromatic rings. The normalized spacial score (nSPS) is 17.5. The minimum absolute atomic E-state index is 0.744. The van der Waals surface area contributed by atoms with Crippen LogP contribution in [-0.2, 0) is 0 Å². The molecule has 5 heteroatoms. The predicted molar refractivity (Wildman–Crippen MR) is 53.7 cm³/mol. The van der Waals surface area contributed by atoms with Crippen molar-refractivity contribution in [3.63, 3.8) is 0 Å². The maximum atomic E-state index is 5.05. The van der Waals surface area contributed by atoms with Crippen molar-refractivity contribution in [3.05, 3.63) is 6.20 Å². The number of thiazole rings is 1. The lowest BCUT2D eigenvalue weighted by Crippen LogP contribution is -2.43. The molecule has 1 aromatic heterocycles. The molecule has 1 aliphatic rings. The van der Waals surface area contributed by atoms with Gasteiger partial charge in [-0.15, -0.1) is 0 Å². The summed E-state index contributed by atoms with van der Waals surface area (Å²) in [5, 5.41) is 5.27. The second kappa shape index (κ2) is 3.93. The van der Waals surface area contributed by atoms with Crippen LogP contribution in [0.15, 0.2) is 6.20 Å². The SMILES string of the molecule is COc1ncc(N2CCNCC2)s1. The number of aromatic nitrogens is 1. The second-order valence-corrected chi connectivity index (χ2v) is 3.88. The van der Waals surface area contributed by atoms with Crippen molar-refractivity contribution in [3.8, 4) is 5.19 Å². The van der Waals surface area contributed by atoms with E-state index in [1.54, 1.807) is 18.4 Å². The summed E-state index contributed by atoms with van der Waals surface area (Å²) < 4.78 is 5.05. The lowest BCUT2D eigenvalue weighted by molar-refractivity contribution is 0.412. The molecule has 2 rings (SSSR count). The molecule has 13 heavy (non-hydrogen) atoms. The molecule has 1 fully saturated rings. The minimum atomic E-state index is 0.744. The van der Waals surface area contributed by atoms with Crippen LogP contribution in [0.1, 0.15) is 0 Å². The number of hydrogen-bond acceptors (Lipinski definition) is 5. The molecule has 0 unspecified atom stereocenters. The third-order valence-corrected chi connectivity index (χ3v) is 3.10. The molecule has 0 spiro atoms. The maximum absolute atomic E-state index is 5.05. The van der Waals surface area contributed by atoms with Crippen LogP contribution in [0.5, 0.6) is 5.19 Å². The van der Waals surface area contributed by atoms with Crippen molar-refractivity contribution in [2.24, 2.45) is 0 Å². The number of anilines is 1. The Labute approximate surface area is 81.5 Å². The van der Waals surface area contributed by atoms with Gasteiger partial charge < -0.3 is 15.0 Å². The number of piperazine rings is 1. The van der Waals surface area contributed by atoms with Crippen LogP contribution in [0.25, 0.3) is 0 Å². The summed E-state index contributed by atoms with van der Waals surface area (Å²) >= 11 is 1.60. The Morgan fingerprint density at radius 2 is 2.31 bits per heavy atom. The molecule has 4 nitrogen and oxygen atoms in total. The van der Waals surface area contributed by atoms with Gasteiger partial charge in [-0.25, -0.2) is 4.98 Å². The van der Waals surface area contributed by atoms with Crippen LogP contribution < -0.4 is 15.0 Å². The van der Waals surface area contributed by atoms with Gasteiger partial charge in [-0.3, -0.25) is 0 Å². The molecule has 1 saturated heterocycles. The number of nitrogens with one attached hydrogen (secondary N) is 1. The van der Waals surface area contributed by atoms with Gasteiger partial charge in [0.15, 0.2) is 0 Å². The maximum Gasteiger partial charge on any atom is 0.274 e. The molecule has 0 amide bonds. The van der Waals surface area contributed by atoms with Crippen LogP contribution >= 0.6 is 11.3 Å². The second-order valence-electron chi connectivity index (χ2n) is 2.91. The average molecular weight is 199 g/mol. The third kappa shape index (κ3) is 1.92. The van der Waals surface area contributed by atoms with Crippen molar-refractivity contribution in [1.29, 1.82) is 0 Å². The Morgan fingerprint density at radius 3 is 2.92 bits per heavy atom. The quantitative estimate of drug-likeness (QED) is 0.755. The van der Waals surface area contributed by atoms with Gasteiger partial charge in [0.05, 0.1) is 13.3 Å². The molecule has 0 saturated carbocycles. The average Bonchev–Trinajstić information content (AvgIpc) is 2.67. The molecule has 0 radical (unpaired) electrons. The highest BCUT2D eigenvalue weighted by Crippen LogP contribution is 2.28. The van der Waals surface area contributed by atoms with Gasteiger partial charge in [-0.05, 0) is 0 Å². The number of nitrogens with zero attached hydrogens (tertiary/aromatic N) is 2. The zero-order valence-corrected chi connectivity index (χ0v) is 8.43. The monoisotopic (exact) mass is 199 g/mol.